The number of nitrogens with zero attached hydrogens (tertiary/aromatic N) is 3. The fourth-order valence-corrected chi connectivity index (χ4v) is 0.777. The molecule has 0 aliphatic heterocycles. The first kappa shape index (κ1) is 9.45. The molecule has 0 aromatic heterocycles. The van der Waals surface area contributed by atoms with Crippen molar-refractivity contribution in [1.29, 1.82) is 0 Å². The zero-order valence-corrected chi connectivity index (χ0v) is 7.88. The van der Waals surface area contributed by atoms with Gasteiger partial charge in [-0.05, 0) is 12.1 Å². The summed E-state index contributed by atoms with van der Waals surface area (Å²) < 4.78 is 0. The Hall–Kier alpha value is -1.64. The third-order valence-electron chi connectivity index (χ3n) is 1.33. The lowest BCUT2D eigenvalue weighted by molar-refractivity contribution is 0.644. The van der Waals surface area contributed by atoms with E-state index in [1.165, 1.54) is 6.34 Å². The van der Waals surface area contributed by atoms with Crippen LogP contribution in [0, 0.1) is 0 Å². The molecule has 3 nitrogen and oxygen atoms in total. The van der Waals surface area contributed by atoms with Crippen LogP contribution in [0.3, 0.4) is 0 Å². The SMILES string of the molecule is CN(C)C=NC=Nc1ccccc1. The number of hydrogen-bond acceptors (Lipinski definition) is 1. The molecule has 13 heavy (non-hydrogen) atoms. The summed E-state index contributed by atoms with van der Waals surface area (Å²) in [5, 5.41) is 0. The molecule has 0 heterocycles. The van der Waals surface area contributed by atoms with E-state index in [0.29, 0.717) is 0 Å². The third kappa shape index (κ3) is 4.06. The van der Waals surface area contributed by atoms with Gasteiger partial charge in [0.05, 0.1) is 12.0 Å². The van der Waals surface area contributed by atoms with Crippen molar-refractivity contribution in [3.05, 3.63) is 30.3 Å². The van der Waals surface area contributed by atoms with Crippen molar-refractivity contribution in [2.45, 2.75) is 0 Å². The van der Waals surface area contributed by atoms with E-state index in [4.69, 9.17) is 0 Å². The molecule has 0 aliphatic carbocycles. The van der Waals surface area contributed by atoms with E-state index in [9.17, 15) is 0 Å². The highest BCUT2D eigenvalue weighted by Gasteiger charge is 1.80. The lowest BCUT2D eigenvalue weighted by Gasteiger charge is -1.99. The van der Waals surface area contributed by atoms with E-state index >= 15 is 0 Å². The van der Waals surface area contributed by atoms with Gasteiger partial charge in [0.15, 0.2) is 0 Å². The minimum Gasteiger partial charge on any atom is -0.369 e. The van der Waals surface area contributed by atoms with Gasteiger partial charge in [0.1, 0.15) is 6.34 Å². The van der Waals surface area contributed by atoms with Crippen LogP contribution in [0.15, 0.2) is 40.3 Å². The van der Waals surface area contributed by atoms with E-state index < -0.39 is 0 Å². The van der Waals surface area contributed by atoms with Gasteiger partial charge in [-0.1, -0.05) is 18.2 Å². The van der Waals surface area contributed by atoms with Crippen LogP contribution < -0.4 is 0 Å². The first-order valence-corrected chi connectivity index (χ1v) is 4.06. The lowest BCUT2D eigenvalue weighted by atomic mass is 10.3. The average molecular weight is 175 g/mol. The Balaban J connectivity index is 2.50. The minimum absolute atomic E-state index is 0.915. The van der Waals surface area contributed by atoms with E-state index in [1.54, 1.807) is 6.34 Å². The number of para-hydroxylation sites is 1. The van der Waals surface area contributed by atoms with Crippen molar-refractivity contribution in [2.24, 2.45) is 9.98 Å². The highest BCUT2D eigenvalue weighted by Crippen LogP contribution is 2.07. The standard InChI is InChI=1S/C10H13N3/c1-13(2)9-11-8-12-10-6-4-3-5-7-10/h3-9H,1-2H3. The Morgan fingerprint density at radius 1 is 1.15 bits per heavy atom. The molecule has 1 aromatic carbocycles. The zero-order chi connectivity index (χ0) is 9.52. The Labute approximate surface area is 78.4 Å². The molecule has 0 amide bonds. The quantitative estimate of drug-likeness (QED) is 0.509. The second-order valence-corrected chi connectivity index (χ2v) is 2.81. The molecule has 68 valence electrons. The average Bonchev–Trinajstić information content (AvgIpc) is 2.14. The maximum Gasteiger partial charge on any atom is 0.117 e. The molecule has 0 radical (unpaired) electrons. The van der Waals surface area contributed by atoms with Gasteiger partial charge in [-0.25, -0.2) is 9.98 Å². The Morgan fingerprint density at radius 3 is 2.46 bits per heavy atom. The molecule has 1 rings (SSSR count). The molecule has 0 saturated carbocycles. The summed E-state index contributed by atoms with van der Waals surface area (Å²) in [6, 6.07) is 9.72. The fourth-order valence-electron chi connectivity index (χ4n) is 0.777. The summed E-state index contributed by atoms with van der Waals surface area (Å²) in [7, 11) is 3.83. The number of hydrogen-bond donors (Lipinski definition) is 0. The molecule has 0 N–H and O–H groups in total. The van der Waals surface area contributed by atoms with Crippen LogP contribution >= 0.6 is 0 Å². The van der Waals surface area contributed by atoms with Gasteiger partial charge in [-0.15, -0.1) is 0 Å². The molecule has 0 unspecified atom stereocenters. The van der Waals surface area contributed by atoms with E-state index in [0.717, 1.165) is 5.69 Å². The second kappa shape index (κ2) is 5.09. The topological polar surface area (TPSA) is 28.0 Å². The molecule has 3 heteroatoms. The molecule has 0 saturated heterocycles. The van der Waals surface area contributed by atoms with Gasteiger partial charge in [-0.3, -0.25) is 0 Å². The zero-order valence-electron chi connectivity index (χ0n) is 7.88. The highest BCUT2D eigenvalue weighted by atomic mass is 15.1. The second-order valence-electron chi connectivity index (χ2n) is 2.81. The fraction of sp³-hybridized carbons (Fsp3) is 0.200. The van der Waals surface area contributed by atoms with Crippen molar-refractivity contribution in [3.63, 3.8) is 0 Å². The summed E-state index contributed by atoms with van der Waals surface area (Å²) in [6.07, 6.45) is 3.24. The summed E-state index contributed by atoms with van der Waals surface area (Å²) in [4.78, 5) is 9.96. The third-order valence-corrected chi connectivity index (χ3v) is 1.33. The maximum atomic E-state index is 4.13. The molecule has 0 fully saturated rings. The van der Waals surface area contributed by atoms with Crippen LogP contribution in [0.4, 0.5) is 5.69 Å². The highest BCUT2D eigenvalue weighted by molar-refractivity contribution is 5.72. The van der Waals surface area contributed by atoms with Crippen molar-refractivity contribution in [1.82, 2.24) is 4.90 Å². The Bertz CT molecular complexity index is 288. The van der Waals surface area contributed by atoms with Crippen LogP contribution in [0.25, 0.3) is 0 Å². The maximum absolute atomic E-state index is 4.13. The Kier molecular flexibility index (Phi) is 3.70. The first-order valence-electron chi connectivity index (χ1n) is 4.06. The molecular formula is C10H13N3. The monoisotopic (exact) mass is 175 g/mol. The minimum atomic E-state index is 0.915. The molecule has 0 atom stereocenters. The number of aliphatic imine (C=N–C) groups is 2. The van der Waals surface area contributed by atoms with Crippen LogP contribution in [0.2, 0.25) is 0 Å². The molecule has 1 aromatic rings. The van der Waals surface area contributed by atoms with Crippen LogP contribution in [-0.2, 0) is 0 Å². The summed E-state index contributed by atoms with van der Waals surface area (Å²) in [5.74, 6) is 0. The van der Waals surface area contributed by atoms with E-state index in [2.05, 4.69) is 9.98 Å². The van der Waals surface area contributed by atoms with Crippen molar-refractivity contribution in [3.8, 4) is 0 Å². The molecule has 0 aliphatic rings. The van der Waals surface area contributed by atoms with E-state index in [1.807, 2.05) is 49.3 Å². The molecule has 0 spiro atoms. The van der Waals surface area contributed by atoms with Gasteiger partial charge in [-0.2, -0.15) is 0 Å². The van der Waals surface area contributed by atoms with Gasteiger partial charge >= 0.3 is 0 Å². The predicted molar refractivity (Wildman–Crippen MR) is 56.8 cm³/mol. The predicted octanol–water partition coefficient (Wildman–Crippen LogP) is 1.94. The van der Waals surface area contributed by atoms with Crippen molar-refractivity contribution in [2.75, 3.05) is 14.1 Å². The van der Waals surface area contributed by atoms with Gasteiger partial charge in [0.25, 0.3) is 0 Å². The number of rotatable bonds is 3. The molecular weight excluding hydrogens is 162 g/mol. The molecule has 0 bridgehead atoms. The Morgan fingerprint density at radius 2 is 1.85 bits per heavy atom. The summed E-state index contributed by atoms with van der Waals surface area (Å²) in [6.45, 7) is 0. The van der Waals surface area contributed by atoms with E-state index in [-0.39, 0.29) is 0 Å². The largest absolute Gasteiger partial charge is 0.369 e. The van der Waals surface area contributed by atoms with Gasteiger partial charge in [0.2, 0.25) is 0 Å². The van der Waals surface area contributed by atoms with Crippen molar-refractivity contribution < 1.29 is 0 Å². The summed E-state index contributed by atoms with van der Waals surface area (Å²) in [5.41, 5.74) is 0.915. The van der Waals surface area contributed by atoms with Crippen LogP contribution in [0.1, 0.15) is 0 Å². The van der Waals surface area contributed by atoms with Crippen LogP contribution in [0.5, 0.6) is 0 Å². The smallest absolute Gasteiger partial charge is 0.117 e. The normalized spacial score (nSPS) is 11.2. The lowest BCUT2D eigenvalue weighted by Crippen LogP contribution is -2.07. The van der Waals surface area contributed by atoms with Gasteiger partial charge in [0, 0.05) is 14.1 Å². The van der Waals surface area contributed by atoms with Gasteiger partial charge < -0.3 is 4.90 Å². The number of benzene rings is 1. The summed E-state index contributed by atoms with van der Waals surface area (Å²) >= 11 is 0. The first-order chi connectivity index (χ1) is 6.29. The van der Waals surface area contributed by atoms with Crippen LogP contribution in [-0.4, -0.2) is 31.7 Å². The van der Waals surface area contributed by atoms with Crippen molar-refractivity contribution >= 4 is 18.4 Å².